The summed E-state index contributed by atoms with van der Waals surface area (Å²) in [5.41, 5.74) is 0.0623. The van der Waals surface area contributed by atoms with Gasteiger partial charge in [-0.15, -0.1) is 0 Å². The molecule has 0 aromatic heterocycles. The molecule has 2 bridgehead atoms. The van der Waals surface area contributed by atoms with Crippen LogP contribution < -0.4 is 0 Å². The van der Waals surface area contributed by atoms with Gasteiger partial charge < -0.3 is 20.2 Å². The summed E-state index contributed by atoms with van der Waals surface area (Å²) in [5.74, 6) is -0.571. The number of carboxylic acid groups (broad SMARTS) is 1. The van der Waals surface area contributed by atoms with Crippen molar-refractivity contribution in [3.63, 3.8) is 0 Å². The van der Waals surface area contributed by atoms with Crippen molar-refractivity contribution in [2.75, 3.05) is 19.6 Å². The van der Waals surface area contributed by atoms with Gasteiger partial charge in [0, 0.05) is 0 Å². The highest BCUT2D eigenvalue weighted by atomic mass is 16.4. The lowest BCUT2D eigenvalue weighted by molar-refractivity contribution is -0.298. The van der Waals surface area contributed by atoms with Crippen molar-refractivity contribution >= 4 is 5.97 Å². The number of nitrogens with zero attached hydrogens (tertiary/aromatic N) is 1. The molecule has 0 spiro atoms. The molecule has 194 valence electrons. The Morgan fingerprint density at radius 1 is 0.972 bits per heavy atom. The fourth-order valence-electron chi connectivity index (χ4n) is 7.52. The van der Waals surface area contributed by atoms with Gasteiger partial charge in [-0.05, 0) is 106 Å². The van der Waals surface area contributed by atoms with Crippen molar-refractivity contribution in [1.29, 1.82) is 0 Å². The second-order valence-corrected chi connectivity index (χ2v) is 12.4. The van der Waals surface area contributed by atoms with E-state index in [0.717, 1.165) is 75.7 Å². The third-order valence-electron chi connectivity index (χ3n) is 10.2. The van der Waals surface area contributed by atoms with Crippen LogP contribution in [0, 0.1) is 22.2 Å². The van der Waals surface area contributed by atoms with Crippen molar-refractivity contribution in [3.05, 3.63) is 71.8 Å². The van der Waals surface area contributed by atoms with Crippen LogP contribution in [-0.4, -0.2) is 51.9 Å². The molecule has 1 unspecified atom stereocenters. The van der Waals surface area contributed by atoms with E-state index in [1.54, 1.807) is 0 Å². The smallest absolute Gasteiger partial charge is 0.309 e. The Labute approximate surface area is 215 Å². The average Bonchev–Trinajstić information content (AvgIpc) is 2.83. The normalized spacial score (nSPS) is 27.7. The zero-order valence-corrected chi connectivity index (χ0v) is 21.7. The first kappa shape index (κ1) is 25.4. The second kappa shape index (κ2) is 9.27. The Hall–Kier alpha value is -2.21. The van der Waals surface area contributed by atoms with Crippen molar-refractivity contribution < 1.29 is 20.1 Å². The molecule has 4 fully saturated rings. The SMILES string of the molecule is CC(C)(C(=O)O)C12CC(C(O)CCCN3CCC(C(O)(c4ccccc4)c4ccccc4)CC3)(C1)C2. The maximum atomic E-state index is 12.1. The minimum atomic E-state index is -0.991. The number of hydrogen-bond acceptors (Lipinski definition) is 4. The fraction of sp³-hybridized carbons (Fsp3) is 0.581. The molecule has 3 aliphatic carbocycles. The predicted molar refractivity (Wildman–Crippen MR) is 140 cm³/mol. The molecule has 1 heterocycles. The summed E-state index contributed by atoms with van der Waals surface area (Å²) in [4.78, 5) is 14.1. The number of aliphatic hydroxyl groups excluding tert-OH is 1. The van der Waals surface area contributed by atoms with Crippen molar-refractivity contribution in [1.82, 2.24) is 4.90 Å². The third-order valence-corrected chi connectivity index (χ3v) is 10.2. The Morgan fingerprint density at radius 2 is 1.47 bits per heavy atom. The fourth-order valence-corrected chi connectivity index (χ4v) is 7.52. The highest BCUT2D eigenvalue weighted by molar-refractivity contribution is 5.76. The number of rotatable bonds is 10. The van der Waals surface area contributed by atoms with Gasteiger partial charge in [-0.2, -0.15) is 0 Å². The van der Waals surface area contributed by atoms with Crippen LogP contribution in [0.5, 0.6) is 0 Å². The average molecular weight is 492 g/mol. The monoisotopic (exact) mass is 491 g/mol. The minimum Gasteiger partial charge on any atom is -0.481 e. The van der Waals surface area contributed by atoms with E-state index in [9.17, 15) is 20.1 Å². The summed E-state index contributed by atoms with van der Waals surface area (Å²) in [6.07, 6.45) is 5.81. The Morgan fingerprint density at radius 3 is 1.94 bits per heavy atom. The summed E-state index contributed by atoms with van der Waals surface area (Å²) in [6, 6.07) is 20.1. The summed E-state index contributed by atoms with van der Waals surface area (Å²) in [7, 11) is 0. The van der Waals surface area contributed by atoms with Gasteiger partial charge in [0.15, 0.2) is 0 Å². The minimum absolute atomic E-state index is 0.0401. The molecule has 1 aliphatic heterocycles. The van der Waals surface area contributed by atoms with E-state index in [2.05, 4.69) is 4.90 Å². The maximum Gasteiger partial charge on any atom is 0.309 e. The topological polar surface area (TPSA) is 81.0 Å². The molecule has 3 saturated carbocycles. The van der Waals surface area contributed by atoms with Gasteiger partial charge in [0.1, 0.15) is 5.60 Å². The van der Waals surface area contributed by atoms with E-state index in [-0.39, 0.29) is 22.9 Å². The highest BCUT2D eigenvalue weighted by Gasteiger charge is 2.76. The Bertz CT molecular complexity index is 999. The second-order valence-electron chi connectivity index (χ2n) is 12.4. The van der Waals surface area contributed by atoms with E-state index in [1.807, 2.05) is 74.5 Å². The number of piperidine rings is 1. The van der Waals surface area contributed by atoms with Crippen molar-refractivity contribution in [3.8, 4) is 0 Å². The molecule has 6 rings (SSSR count). The third kappa shape index (κ3) is 4.00. The Kier molecular flexibility index (Phi) is 6.55. The van der Waals surface area contributed by atoms with Crippen LogP contribution in [0.3, 0.4) is 0 Å². The molecule has 3 N–H and O–H groups in total. The lowest BCUT2D eigenvalue weighted by Crippen LogP contribution is -2.72. The van der Waals surface area contributed by atoms with Gasteiger partial charge >= 0.3 is 5.97 Å². The first-order chi connectivity index (χ1) is 17.1. The van der Waals surface area contributed by atoms with Gasteiger partial charge in [-0.25, -0.2) is 0 Å². The molecule has 5 heteroatoms. The van der Waals surface area contributed by atoms with E-state index in [1.165, 1.54) is 0 Å². The molecule has 1 atom stereocenters. The lowest BCUT2D eigenvalue weighted by Gasteiger charge is -2.76. The highest BCUT2D eigenvalue weighted by Crippen LogP contribution is 2.80. The van der Waals surface area contributed by atoms with E-state index in [4.69, 9.17) is 0 Å². The van der Waals surface area contributed by atoms with Crippen LogP contribution in [0.2, 0.25) is 0 Å². The van der Waals surface area contributed by atoms with E-state index >= 15 is 0 Å². The van der Waals surface area contributed by atoms with Crippen LogP contribution in [0.15, 0.2) is 60.7 Å². The van der Waals surface area contributed by atoms with Gasteiger partial charge in [0.25, 0.3) is 0 Å². The van der Waals surface area contributed by atoms with Crippen LogP contribution in [-0.2, 0) is 10.4 Å². The molecule has 0 amide bonds. The van der Waals surface area contributed by atoms with E-state index in [0.29, 0.717) is 0 Å². The summed E-state index contributed by atoms with van der Waals surface area (Å²) >= 11 is 0. The first-order valence-electron chi connectivity index (χ1n) is 13.6. The number of carboxylic acids is 1. The maximum absolute atomic E-state index is 12.1. The number of aliphatic hydroxyl groups is 2. The van der Waals surface area contributed by atoms with Gasteiger partial charge in [0.05, 0.1) is 11.5 Å². The molecule has 4 aliphatic rings. The molecule has 1 saturated heterocycles. The summed E-state index contributed by atoms with van der Waals surface area (Å²) < 4.78 is 0. The zero-order chi connectivity index (χ0) is 25.6. The number of benzene rings is 2. The zero-order valence-electron chi connectivity index (χ0n) is 21.7. The number of hydrogen-bond donors (Lipinski definition) is 3. The van der Waals surface area contributed by atoms with Crippen LogP contribution in [0.4, 0.5) is 0 Å². The number of carbonyl (C=O) groups is 1. The van der Waals surface area contributed by atoms with Crippen molar-refractivity contribution in [2.45, 2.75) is 70.5 Å². The van der Waals surface area contributed by atoms with Crippen LogP contribution in [0.1, 0.15) is 69.9 Å². The molecule has 2 aromatic rings. The molecule has 0 radical (unpaired) electrons. The summed E-state index contributed by atoms with van der Waals surface area (Å²) in [6.45, 7) is 6.53. The number of aliphatic carboxylic acids is 1. The largest absolute Gasteiger partial charge is 0.481 e. The molecular weight excluding hydrogens is 450 g/mol. The van der Waals surface area contributed by atoms with Crippen LogP contribution >= 0.6 is 0 Å². The lowest BCUT2D eigenvalue weighted by atomic mass is 9.28. The molecule has 36 heavy (non-hydrogen) atoms. The molecule has 2 aromatic carbocycles. The number of likely N-dealkylation sites (tertiary alicyclic amines) is 1. The predicted octanol–water partition coefficient (Wildman–Crippen LogP) is 5.06. The standard InChI is InChI=1S/C31H41NO4/c1-28(2,27(34)35)30-20-29(21-30,22-30)26(33)14-9-17-32-18-15-25(16-19-32)31(36,23-10-5-3-6-11-23)24-12-7-4-8-13-24/h3-8,10-13,25-26,33,36H,9,14-22H2,1-2H3,(H,34,35). The first-order valence-corrected chi connectivity index (χ1v) is 13.6. The van der Waals surface area contributed by atoms with Crippen molar-refractivity contribution in [2.24, 2.45) is 22.2 Å². The Balaban J connectivity index is 1.12. The van der Waals surface area contributed by atoms with Crippen LogP contribution in [0.25, 0.3) is 0 Å². The summed E-state index contributed by atoms with van der Waals surface area (Å²) in [5, 5.41) is 32.6. The van der Waals surface area contributed by atoms with Gasteiger partial charge in [-0.1, -0.05) is 60.7 Å². The van der Waals surface area contributed by atoms with Gasteiger partial charge in [0.2, 0.25) is 0 Å². The van der Waals surface area contributed by atoms with E-state index < -0.39 is 17.0 Å². The quantitative estimate of drug-likeness (QED) is 0.433. The molecular formula is C31H41NO4. The molecule has 5 nitrogen and oxygen atoms in total. The van der Waals surface area contributed by atoms with Gasteiger partial charge in [-0.3, -0.25) is 4.79 Å².